The van der Waals surface area contributed by atoms with Crippen LogP contribution in [0.4, 0.5) is 11.4 Å². The summed E-state index contributed by atoms with van der Waals surface area (Å²) >= 11 is 6.08. The fourth-order valence-electron chi connectivity index (χ4n) is 2.47. The van der Waals surface area contributed by atoms with Gasteiger partial charge in [0.25, 0.3) is 0 Å². The van der Waals surface area contributed by atoms with Gasteiger partial charge >= 0.3 is 0 Å². The van der Waals surface area contributed by atoms with Crippen LogP contribution in [-0.4, -0.2) is 32.8 Å². The lowest BCUT2D eigenvalue weighted by Crippen LogP contribution is -2.22. The van der Waals surface area contributed by atoms with E-state index >= 15 is 0 Å². The van der Waals surface area contributed by atoms with E-state index in [2.05, 4.69) is 10.6 Å². The van der Waals surface area contributed by atoms with Crippen molar-refractivity contribution in [2.24, 2.45) is 0 Å². The van der Waals surface area contributed by atoms with Crippen LogP contribution in [0.3, 0.4) is 0 Å². The molecule has 1 aliphatic rings. The third kappa shape index (κ3) is 4.09. The van der Waals surface area contributed by atoms with Gasteiger partial charge in [0.15, 0.2) is 11.5 Å². The van der Waals surface area contributed by atoms with Crippen molar-refractivity contribution in [2.75, 3.05) is 37.5 Å². The number of rotatable bonds is 5. The van der Waals surface area contributed by atoms with Crippen LogP contribution in [-0.2, 0) is 4.79 Å². The topological polar surface area (TPSA) is 68.8 Å². The molecule has 0 radical (unpaired) electrons. The van der Waals surface area contributed by atoms with Gasteiger partial charge in [-0.3, -0.25) is 4.79 Å². The molecule has 0 aromatic heterocycles. The number of anilines is 2. The van der Waals surface area contributed by atoms with Gasteiger partial charge in [-0.05, 0) is 30.7 Å². The SMILES string of the molecule is COc1cc(Cl)c(C)cc1NCC(=O)Nc1ccc2c(c1)OCCO2. The van der Waals surface area contributed by atoms with E-state index in [-0.39, 0.29) is 12.5 Å². The summed E-state index contributed by atoms with van der Waals surface area (Å²) in [6.07, 6.45) is 0. The molecule has 0 bridgehead atoms. The number of fused-ring (bicyclic) bond motifs is 1. The first-order valence-electron chi connectivity index (χ1n) is 7.84. The third-order valence-electron chi connectivity index (χ3n) is 3.75. The average molecular weight is 363 g/mol. The number of halogens is 1. The first-order valence-corrected chi connectivity index (χ1v) is 8.22. The molecule has 2 aromatic carbocycles. The second kappa shape index (κ2) is 7.53. The minimum absolute atomic E-state index is 0.0892. The average Bonchev–Trinajstić information content (AvgIpc) is 2.62. The standard InChI is InChI=1S/C18H19ClN2O4/c1-11-7-14(16(23-2)9-13(11)19)20-10-18(22)21-12-3-4-15-17(8-12)25-6-5-24-15/h3-4,7-9,20H,5-6,10H2,1-2H3,(H,21,22). The quantitative estimate of drug-likeness (QED) is 0.852. The van der Waals surface area contributed by atoms with Crippen LogP contribution in [0, 0.1) is 6.92 Å². The predicted octanol–water partition coefficient (Wildman–Crippen LogP) is 3.48. The Morgan fingerprint density at radius 3 is 2.72 bits per heavy atom. The van der Waals surface area contributed by atoms with E-state index in [1.54, 1.807) is 31.4 Å². The second-order valence-corrected chi connectivity index (χ2v) is 5.97. The minimum atomic E-state index is -0.189. The van der Waals surface area contributed by atoms with Crippen molar-refractivity contribution in [2.45, 2.75) is 6.92 Å². The van der Waals surface area contributed by atoms with E-state index in [0.29, 0.717) is 46.9 Å². The monoisotopic (exact) mass is 362 g/mol. The maximum Gasteiger partial charge on any atom is 0.243 e. The summed E-state index contributed by atoms with van der Waals surface area (Å²) in [5.41, 5.74) is 2.26. The van der Waals surface area contributed by atoms with Crippen molar-refractivity contribution in [3.63, 3.8) is 0 Å². The van der Waals surface area contributed by atoms with E-state index in [4.69, 9.17) is 25.8 Å². The zero-order chi connectivity index (χ0) is 17.8. The van der Waals surface area contributed by atoms with E-state index in [9.17, 15) is 4.79 Å². The highest BCUT2D eigenvalue weighted by Gasteiger charge is 2.13. The number of carbonyl (C=O) groups excluding carboxylic acids is 1. The Balaban J connectivity index is 1.63. The van der Waals surface area contributed by atoms with Crippen LogP contribution in [0.1, 0.15) is 5.56 Å². The number of amides is 1. The lowest BCUT2D eigenvalue weighted by molar-refractivity contribution is -0.114. The van der Waals surface area contributed by atoms with Gasteiger partial charge in [0.2, 0.25) is 5.91 Å². The van der Waals surface area contributed by atoms with E-state index < -0.39 is 0 Å². The minimum Gasteiger partial charge on any atom is -0.495 e. The molecule has 25 heavy (non-hydrogen) atoms. The Morgan fingerprint density at radius 2 is 1.96 bits per heavy atom. The van der Waals surface area contributed by atoms with Crippen LogP contribution in [0.25, 0.3) is 0 Å². The van der Waals surface area contributed by atoms with Crippen LogP contribution < -0.4 is 24.8 Å². The molecule has 132 valence electrons. The summed E-state index contributed by atoms with van der Waals surface area (Å²) in [5, 5.41) is 6.50. The Hall–Kier alpha value is -2.60. The van der Waals surface area contributed by atoms with Crippen LogP contribution in [0.5, 0.6) is 17.2 Å². The molecule has 0 unspecified atom stereocenters. The lowest BCUT2D eigenvalue weighted by atomic mass is 10.2. The Labute approximate surface area is 151 Å². The first kappa shape index (κ1) is 17.2. The molecule has 3 rings (SSSR count). The molecular formula is C18H19ClN2O4. The van der Waals surface area contributed by atoms with Gasteiger partial charge in [-0.15, -0.1) is 0 Å². The number of hydrogen-bond acceptors (Lipinski definition) is 5. The molecule has 0 fully saturated rings. The highest BCUT2D eigenvalue weighted by atomic mass is 35.5. The molecule has 1 amide bonds. The van der Waals surface area contributed by atoms with Crippen molar-refractivity contribution in [1.82, 2.24) is 0 Å². The second-order valence-electron chi connectivity index (χ2n) is 5.56. The van der Waals surface area contributed by atoms with Crippen molar-refractivity contribution in [3.8, 4) is 17.2 Å². The van der Waals surface area contributed by atoms with E-state index in [0.717, 1.165) is 5.56 Å². The van der Waals surface area contributed by atoms with Gasteiger partial charge < -0.3 is 24.8 Å². The maximum absolute atomic E-state index is 12.2. The normalized spacial score (nSPS) is 12.4. The number of hydrogen-bond donors (Lipinski definition) is 2. The Morgan fingerprint density at radius 1 is 1.20 bits per heavy atom. The summed E-state index contributed by atoms with van der Waals surface area (Å²) in [5.74, 6) is 1.71. The van der Waals surface area contributed by atoms with Crippen LogP contribution >= 0.6 is 11.6 Å². The van der Waals surface area contributed by atoms with Crippen molar-refractivity contribution in [3.05, 3.63) is 40.9 Å². The lowest BCUT2D eigenvalue weighted by Gasteiger charge is -2.19. The van der Waals surface area contributed by atoms with Crippen molar-refractivity contribution >= 4 is 28.9 Å². The number of ether oxygens (including phenoxy) is 3. The molecule has 2 N–H and O–H groups in total. The fourth-order valence-corrected chi connectivity index (χ4v) is 2.63. The number of benzene rings is 2. The molecule has 0 aliphatic carbocycles. The molecule has 7 heteroatoms. The summed E-state index contributed by atoms with van der Waals surface area (Å²) in [4.78, 5) is 12.2. The number of methoxy groups -OCH3 is 1. The van der Waals surface area contributed by atoms with Gasteiger partial charge in [0, 0.05) is 22.8 Å². The van der Waals surface area contributed by atoms with Gasteiger partial charge in [-0.25, -0.2) is 0 Å². The molecular weight excluding hydrogens is 344 g/mol. The van der Waals surface area contributed by atoms with Gasteiger partial charge in [-0.2, -0.15) is 0 Å². The zero-order valence-corrected chi connectivity index (χ0v) is 14.8. The molecule has 2 aromatic rings. The predicted molar refractivity (Wildman–Crippen MR) is 97.3 cm³/mol. The molecule has 0 saturated carbocycles. The van der Waals surface area contributed by atoms with Crippen LogP contribution in [0.2, 0.25) is 5.02 Å². The number of aryl methyl sites for hydroxylation is 1. The Kier molecular flexibility index (Phi) is 5.19. The van der Waals surface area contributed by atoms with E-state index in [1.165, 1.54) is 0 Å². The molecule has 6 nitrogen and oxygen atoms in total. The highest BCUT2D eigenvalue weighted by Crippen LogP contribution is 2.33. The molecule has 0 saturated heterocycles. The molecule has 0 spiro atoms. The summed E-state index contributed by atoms with van der Waals surface area (Å²) < 4.78 is 16.3. The number of carbonyl (C=O) groups is 1. The largest absolute Gasteiger partial charge is 0.495 e. The first-order chi connectivity index (χ1) is 12.1. The highest BCUT2D eigenvalue weighted by molar-refractivity contribution is 6.31. The smallest absolute Gasteiger partial charge is 0.243 e. The third-order valence-corrected chi connectivity index (χ3v) is 4.15. The van der Waals surface area contributed by atoms with Crippen LogP contribution in [0.15, 0.2) is 30.3 Å². The van der Waals surface area contributed by atoms with E-state index in [1.807, 2.05) is 13.0 Å². The summed E-state index contributed by atoms with van der Waals surface area (Å²) in [6, 6.07) is 8.87. The Bertz CT molecular complexity index is 795. The van der Waals surface area contributed by atoms with Gasteiger partial charge in [0.05, 0.1) is 19.3 Å². The summed E-state index contributed by atoms with van der Waals surface area (Å²) in [7, 11) is 1.56. The maximum atomic E-state index is 12.2. The van der Waals surface area contributed by atoms with Gasteiger partial charge in [-0.1, -0.05) is 11.6 Å². The fraction of sp³-hybridized carbons (Fsp3) is 0.278. The van der Waals surface area contributed by atoms with Gasteiger partial charge in [0.1, 0.15) is 19.0 Å². The molecule has 1 aliphatic heterocycles. The molecule has 1 heterocycles. The zero-order valence-electron chi connectivity index (χ0n) is 14.0. The number of nitrogens with one attached hydrogen (secondary N) is 2. The van der Waals surface area contributed by atoms with Crippen molar-refractivity contribution < 1.29 is 19.0 Å². The van der Waals surface area contributed by atoms with Crippen molar-refractivity contribution in [1.29, 1.82) is 0 Å². The summed E-state index contributed by atoms with van der Waals surface area (Å²) in [6.45, 7) is 3.01. The molecule has 0 atom stereocenters.